The van der Waals surface area contributed by atoms with Gasteiger partial charge >= 0.3 is 5.97 Å². The van der Waals surface area contributed by atoms with Gasteiger partial charge in [0, 0.05) is 13.1 Å². The van der Waals surface area contributed by atoms with E-state index in [1.165, 1.54) is 5.56 Å². The molecule has 1 heterocycles. The first kappa shape index (κ1) is 17.0. The number of likely N-dealkylation sites (tertiary alicyclic amines) is 1. The van der Waals surface area contributed by atoms with E-state index in [9.17, 15) is 9.59 Å². The molecule has 1 N–H and O–H groups in total. The van der Waals surface area contributed by atoms with Crippen LogP contribution in [0.1, 0.15) is 44.2 Å². The van der Waals surface area contributed by atoms with Crippen LogP contribution >= 0.6 is 0 Å². The Kier molecular flexibility index (Phi) is 4.66. The van der Waals surface area contributed by atoms with Crippen molar-refractivity contribution >= 4 is 11.9 Å². The van der Waals surface area contributed by atoms with Crippen LogP contribution in [0.2, 0.25) is 0 Å². The predicted molar refractivity (Wildman–Crippen MR) is 92.7 cm³/mol. The Balaban J connectivity index is 1.50. The number of aliphatic carboxylic acids is 1. The molecule has 1 spiro atoms. The molecule has 1 unspecified atom stereocenters. The van der Waals surface area contributed by atoms with Crippen molar-refractivity contribution < 1.29 is 14.7 Å². The fraction of sp³-hybridized carbons (Fsp3) is 0.600. The van der Waals surface area contributed by atoms with Crippen molar-refractivity contribution in [3.63, 3.8) is 0 Å². The second-order valence-corrected chi connectivity index (χ2v) is 7.93. The average Bonchev–Trinajstić information content (AvgIpc) is 3.23. The first-order chi connectivity index (χ1) is 11.4. The number of nitrogens with zero attached hydrogens (tertiary/aromatic N) is 1. The Morgan fingerprint density at radius 3 is 2.25 bits per heavy atom. The molecular formula is C20H27NO3. The van der Waals surface area contributed by atoms with Crippen molar-refractivity contribution in [3.05, 3.63) is 35.4 Å². The summed E-state index contributed by atoms with van der Waals surface area (Å²) in [4.78, 5) is 25.5. The zero-order chi connectivity index (χ0) is 17.3. The number of carbonyl (C=O) groups excluding carboxylic acids is 1. The highest BCUT2D eigenvalue weighted by Crippen LogP contribution is 2.59. The molecule has 24 heavy (non-hydrogen) atoms. The number of piperidine rings is 1. The number of hydrogen-bond acceptors (Lipinski definition) is 2. The van der Waals surface area contributed by atoms with Gasteiger partial charge in [0.05, 0.1) is 12.3 Å². The number of carbonyl (C=O) groups is 2. The molecule has 0 radical (unpaired) electrons. The maximum atomic E-state index is 12.5. The van der Waals surface area contributed by atoms with E-state index in [4.69, 9.17) is 5.11 Å². The molecule has 1 atom stereocenters. The second kappa shape index (κ2) is 6.58. The van der Waals surface area contributed by atoms with E-state index in [0.29, 0.717) is 25.4 Å². The van der Waals surface area contributed by atoms with E-state index < -0.39 is 5.97 Å². The number of benzene rings is 1. The number of hydrogen-bond donors (Lipinski definition) is 1. The lowest BCUT2D eigenvalue weighted by atomic mass is 9.90. The van der Waals surface area contributed by atoms with E-state index in [0.717, 1.165) is 31.2 Å². The highest BCUT2D eigenvalue weighted by molar-refractivity contribution is 5.79. The molecule has 130 valence electrons. The van der Waals surface area contributed by atoms with Crippen LogP contribution in [0.5, 0.6) is 0 Å². The van der Waals surface area contributed by atoms with E-state index in [-0.39, 0.29) is 17.2 Å². The molecule has 1 aliphatic carbocycles. The van der Waals surface area contributed by atoms with Gasteiger partial charge in [-0.15, -0.1) is 0 Å². The van der Waals surface area contributed by atoms with E-state index in [1.54, 1.807) is 0 Å². The normalized spacial score (nSPS) is 22.0. The minimum absolute atomic E-state index is 0.0128. The van der Waals surface area contributed by atoms with Crippen LogP contribution in [0.4, 0.5) is 0 Å². The molecule has 1 aromatic carbocycles. The lowest BCUT2D eigenvalue weighted by Gasteiger charge is -2.32. The Labute approximate surface area is 143 Å². The third-order valence-corrected chi connectivity index (χ3v) is 5.62. The van der Waals surface area contributed by atoms with Gasteiger partial charge in [0.2, 0.25) is 5.91 Å². The monoisotopic (exact) mass is 329 g/mol. The summed E-state index contributed by atoms with van der Waals surface area (Å²) >= 11 is 0. The molecule has 1 aromatic rings. The van der Waals surface area contributed by atoms with E-state index >= 15 is 0 Å². The summed E-state index contributed by atoms with van der Waals surface area (Å²) in [6.07, 6.45) is 3.97. The van der Waals surface area contributed by atoms with E-state index in [2.05, 4.69) is 38.1 Å². The van der Waals surface area contributed by atoms with Gasteiger partial charge in [-0.3, -0.25) is 9.59 Å². The van der Waals surface area contributed by atoms with Crippen LogP contribution in [0.3, 0.4) is 0 Å². The van der Waals surface area contributed by atoms with Crippen LogP contribution in [0.25, 0.3) is 0 Å². The molecule has 3 rings (SSSR count). The highest BCUT2D eigenvalue weighted by atomic mass is 16.4. The van der Waals surface area contributed by atoms with Gasteiger partial charge in [0.25, 0.3) is 0 Å². The molecule has 1 aliphatic heterocycles. The average molecular weight is 329 g/mol. The summed E-state index contributed by atoms with van der Waals surface area (Å²) in [5.74, 6) is -0.0521. The largest absolute Gasteiger partial charge is 0.481 e. The van der Waals surface area contributed by atoms with Crippen molar-refractivity contribution in [2.24, 2.45) is 17.3 Å². The van der Waals surface area contributed by atoms with Crippen molar-refractivity contribution in [1.82, 2.24) is 4.90 Å². The smallest absolute Gasteiger partial charge is 0.307 e. The van der Waals surface area contributed by atoms with Gasteiger partial charge in [0.15, 0.2) is 0 Å². The van der Waals surface area contributed by atoms with Crippen LogP contribution in [0, 0.1) is 17.3 Å². The van der Waals surface area contributed by atoms with Crippen molar-refractivity contribution in [2.75, 3.05) is 13.1 Å². The van der Waals surface area contributed by atoms with Crippen molar-refractivity contribution in [3.8, 4) is 0 Å². The highest BCUT2D eigenvalue weighted by Gasteiger charge is 2.59. The summed E-state index contributed by atoms with van der Waals surface area (Å²) < 4.78 is 0. The van der Waals surface area contributed by atoms with Crippen LogP contribution in [-0.4, -0.2) is 35.0 Å². The summed E-state index contributed by atoms with van der Waals surface area (Å²) in [7, 11) is 0. The second-order valence-electron chi connectivity index (χ2n) is 7.93. The SMILES string of the molecule is CC(C)Cc1ccc(CC(=O)N2CCC3(CC2)CC3C(=O)O)cc1. The molecule has 1 saturated carbocycles. The lowest BCUT2D eigenvalue weighted by molar-refractivity contribution is -0.139. The maximum absolute atomic E-state index is 12.5. The third kappa shape index (κ3) is 3.63. The quantitative estimate of drug-likeness (QED) is 0.903. The fourth-order valence-electron chi connectivity index (χ4n) is 4.00. The zero-order valence-electron chi connectivity index (χ0n) is 14.6. The maximum Gasteiger partial charge on any atom is 0.307 e. The van der Waals surface area contributed by atoms with Crippen LogP contribution < -0.4 is 0 Å². The van der Waals surface area contributed by atoms with Gasteiger partial charge < -0.3 is 10.0 Å². The molecule has 4 nitrogen and oxygen atoms in total. The first-order valence-electron chi connectivity index (χ1n) is 8.98. The summed E-state index contributed by atoms with van der Waals surface area (Å²) in [6.45, 7) is 5.81. The lowest BCUT2D eigenvalue weighted by Crippen LogP contribution is -2.40. The number of amides is 1. The van der Waals surface area contributed by atoms with Gasteiger partial charge in [-0.2, -0.15) is 0 Å². The third-order valence-electron chi connectivity index (χ3n) is 5.62. The van der Waals surface area contributed by atoms with Gasteiger partial charge in [0.1, 0.15) is 0 Å². The number of carboxylic acids is 1. The minimum Gasteiger partial charge on any atom is -0.481 e. The molecular weight excluding hydrogens is 302 g/mol. The zero-order valence-corrected chi connectivity index (χ0v) is 14.6. The van der Waals surface area contributed by atoms with Crippen molar-refractivity contribution in [1.29, 1.82) is 0 Å². The standard InChI is InChI=1S/C20H27NO3/c1-14(2)11-15-3-5-16(6-4-15)12-18(22)21-9-7-20(8-10-21)13-17(20)19(23)24/h3-6,14,17H,7-13H2,1-2H3,(H,23,24). The summed E-state index contributed by atoms with van der Waals surface area (Å²) in [5, 5.41) is 9.14. The number of carboxylic acid groups (broad SMARTS) is 1. The predicted octanol–water partition coefficient (Wildman–Crippen LogP) is 3.14. The number of rotatable bonds is 5. The first-order valence-corrected chi connectivity index (χ1v) is 8.98. The van der Waals surface area contributed by atoms with Gasteiger partial charge in [-0.1, -0.05) is 38.1 Å². The Bertz CT molecular complexity index is 612. The minimum atomic E-state index is -0.670. The molecule has 1 saturated heterocycles. The Morgan fingerprint density at radius 1 is 1.17 bits per heavy atom. The molecule has 2 aliphatic rings. The molecule has 2 fully saturated rings. The molecule has 1 amide bonds. The van der Waals surface area contributed by atoms with Gasteiger partial charge in [-0.25, -0.2) is 0 Å². The molecule has 4 heteroatoms. The Hall–Kier alpha value is -1.84. The van der Waals surface area contributed by atoms with Crippen molar-refractivity contribution in [2.45, 2.75) is 46.0 Å². The summed E-state index contributed by atoms with van der Waals surface area (Å²) in [5.41, 5.74) is 2.36. The summed E-state index contributed by atoms with van der Waals surface area (Å²) in [6, 6.07) is 8.36. The Morgan fingerprint density at radius 2 is 1.75 bits per heavy atom. The van der Waals surface area contributed by atoms with Crippen LogP contribution in [0.15, 0.2) is 24.3 Å². The molecule has 0 bridgehead atoms. The van der Waals surface area contributed by atoms with E-state index in [1.807, 2.05) is 4.90 Å². The molecule has 0 aromatic heterocycles. The fourth-order valence-corrected chi connectivity index (χ4v) is 4.00. The van der Waals surface area contributed by atoms with Gasteiger partial charge in [-0.05, 0) is 48.1 Å². The van der Waals surface area contributed by atoms with Crippen LogP contribution in [-0.2, 0) is 22.4 Å². The topological polar surface area (TPSA) is 57.6 Å².